The van der Waals surface area contributed by atoms with Gasteiger partial charge in [0.2, 0.25) is 5.75 Å². The van der Waals surface area contributed by atoms with Crippen LogP contribution in [0, 0.1) is 0 Å². The first kappa shape index (κ1) is 15.7. The molecule has 116 valence electrons. The molecule has 0 atom stereocenters. The molecule has 0 aliphatic carbocycles. The summed E-state index contributed by atoms with van der Waals surface area (Å²) in [7, 11) is 3.13. The van der Waals surface area contributed by atoms with Crippen LogP contribution >= 0.6 is 0 Å². The van der Waals surface area contributed by atoms with Crippen LogP contribution in [0.5, 0.6) is 17.2 Å². The van der Waals surface area contributed by atoms with Gasteiger partial charge in [0.15, 0.2) is 11.5 Å². The first-order valence-corrected chi connectivity index (χ1v) is 6.93. The van der Waals surface area contributed by atoms with E-state index >= 15 is 0 Å². The van der Waals surface area contributed by atoms with Crippen LogP contribution in [0.15, 0.2) is 48.5 Å². The normalized spacial score (nSPS) is 9.91. The molecule has 0 fully saturated rings. The van der Waals surface area contributed by atoms with Crippen LogP contribution in [0.4, 0.5) is 0 Å². The van der Waals surface area contributed by atoms with Crippen molar-refractivity contribution in [1.82, 2.24) is 5.32 Å². The predicted octanol–water partition coefficient (Wildman–Crippen LogP) is 2.51. The molecular formula is C17H19NO4. The maximum atomic E-state index is 11.9. The predicted molar refractivity (Wildman–Crippen MR) is 83.8 cm³/mol. The summed E-state index contributed by atoms with van der Waals surface area (Å²) in [5, 5.41) is 2.80. The van der Waals surface area contributed by atoms with E-state index in [1.165, 1.54) is 0 Å². The summed E-state index contributed by atoms with van der Waals surface area (Å²) < 4.78 is 16.1. The van der Waals surface area contributed by atoms with Crippen molar-refractivity contribution < 1.29 is 19.0 Å². The van der Waals surface area contributed by atoms with Gasteiger partial charge in [-0.2, -0.15) is 0 Å². The smallest absolute Gasteiger partial charge is 0.251 e. The molecule has 0 saturated heterocycles. The third-order valence-electron chi connectivity index (χ3n) is 3.05. The summed E-state index contributed by atoms with van der Waals surface area (Å²) in [6.07, 6.45) is 0. The molecule has 2 rings (SSSR count). The monoisotopic (exact) mass is 301 g/mol. The molecule has 0 bridgehead atoms. The minimum Gasteiger partial charge on any atom is -0.493 e. The third-order valence-corrected chi connectivity index (χ3v) is 3.05. The summed E-state index contributed by atoms with van der Waals surface area (Å²) >= 11 is 0. The van der Waals surface area contributed by atoms with Gasteiger partial charge in [-0.3, -0.25) is 4.79 Å². The first-order valence-electron chi connectivity index (χ1n) is 6.93. The molecule has 5 nitrogen and oxygen atoms in total. The molecule has 0 radical (unpaired) electrons. The summed E-state index contributed by atoms with van der Waals surface area (Å²) in [5.41, 5.74) is 0.626. The lowest BCUT2D eigenvalue weighted by molar-refractivity contribution is 0.0946. The standard InChI is InChI=1S/C17H19NO4/c1-20-14-9-6-10-15(16(14)21-2)22-12-11-18-17(19)13-7-4-3-5-8-13/h3-10H,11-12H2,1-2H3,(H,18,19). The van der Waals surface area contributed by atoms with Gasteiger partial charge in [-0.15, -0.1) is 0 Å². The second kappa shape index (κ2) is 7.93. The van der Waals surface area contributed by atoms with Crippen molar-refractivity contribution in [1.29, 1.82) is 0 Å². The number of rotatable bonds is 7. The van der Waals surface area contributed by atoms with E-state index in [2.05, 4.69) is 5.32 Å². The molecule has 0 heterocycles. The first-order chi connectivity index (χ1) is 10.8. The number of hydrogen-bond acceptors (Lipinski definition) is 4. The van der Waals surface area contributed by atoms with E-state index in [0.29, 0.717) is 36.0 Å². The highest BCUT2D eigenvalue weighted by Crippen LogP contribution is 2.36. The fourth-order valence-electron chi connectivity index (χ4n) is 1.99. The summed E-state index contributed by atoms with van der Waals surface area (Å²) in [4.78, 5) is 11.9. The zero-order chi connectivity index (χ0) is 15.8. The average molecular weight is 301 g/mol. The lowest BCUT2D eigenvalue weighted by Crippen LogP contribution is -2.28. The lowest BCUT2D eigenvalue weighted by atomic mass is 10.2. The van der Waals surface area contributed by atoms with E-state index in [1.807, 2.05) is 24.3 Å². The number of amides is 1. The maximum Gasteiger partial charge on any atom is 0.251 e. The zero-order valence-electron chi connectivity index (χ0n) is 12.7. The van der Waals surface area contributed by atoms with Crippen molar-refractivity contribution in [2.45, 2.75) is 0 Å². The minimum atomic E-state index is -0.123. The van der Waals surface area contributed by atoms with Gasteiger partial charge in [0, 0.05) is 5.56 Å². The van der Waals surface area contributed by atoms with E-state index in [-0.39, 0.29) is 5.91 Å². The van der Waals surface area contributed by atoms with E-state index in [0.717, 1.165) is 0 Å². The van der Waals surface area contributed by atoms with Gasteiger partial charge < -0.3 is 19.5 Å². The lowest BCUT2D eigenvalue weighted by Gasteiger charge is -2.13. The van der Waals surface area contributed by atoms with Gasteiger partial charge in [-0.1, -0.05) is 24.3 Å². The Balaban J connectivity index is 1.86. The Morgan fingerprint density at radius 3 is 2.36 bits per heavy atom. The Labute approximate surface area is 129 Å². The Morgan fingerprint density at radius 1 is 0.955 bits per heavy atom. The minimum absolute atomic E-state index is 0.123. The molecule has 1 amide bonds. The van der Waals surface area contributed by atoms with Crippen LogP contribution in [0.25, 0.3) is 0 Å². The molecule has 0 unspecified atom stereocenters. The van der Waals surface area contributed by atoms with Gasteiger partial charge >= 0.3 is 0 Å². The highest BCUT2D eigenvalue weighted by atomic mass is 16.5. The van der Waals surface area contributed by atoms with Gasteiger partial charge in [0.1, 0.15) is 6.61 Å². The second-order valence-electron chi connectivity index (χ2n) is 4.46. The van der Waals surface area contributed by atoms with Gasteiger partial charge in [0.05, 0.1) is 20.8 Å². The molecule has 0 saturated carbocycles. The highest BCUT2D eigenvalue weighted by molar-refractivity contribution is 5.94. The SMILES string of the molecule is COc1cccc(OCCNC(=O)c2ccccc2)c1OC. The average Bonchev–Trinajstić information content (AvgIpc) is 2.58. The fraction of sp³-hybridized carbons (Fsp3) is 0.235. The largest absolute Gasteiger partial charge is 0.493 e. The number of carbonyl (C=O) groups excluding carboxylic acids is 1. The number of ether oxygens (including phenoxy) is 3. The molecule has 1 N–H and O–H groups in total. The molecule has 22 heavy (non-hydrogen) atoms. The fourth-order valence-corrected chi connectivity index (χ4v) is 1.99. The highest BCUT2D eigenvalue weighted by Gasteiger charge is 2.10. The molecular weight excluding hydrogens is 282 g/mol. The van der Waals surface area contributed by atoms with Crippen molar-refractivity contribution in [3.05, 3.63) is 54.1 Å². The number of carbonyl (C=O) groups is 1. The van der Waals surface area contributed by atoms with E-state index in [9.17, 15) is 4.79 Å². The molecule has 0 aliphatic heterocycles. The summed E-state index contributed by atoms with van der Waals surface area (Å²) in [6, 6.07) is 14.5. The van der Waals surface area contributed by atoms with Crippen molar-refractivity contribution >= 4 is 5.91 Å². The van der Waals surface area contributed by atoms with Gasteiger partial charge in [-0.25, -0.2) is 0 Å². The molecule has 0 aliphatic rings. The summed E-state index contributed by atoms with van der Waals surface area (Å²) in [6.45, 7) is 0.732. The van der Waals surface area contributed by atoms with Crippen molar-refractivity contribution in [3.63, 3.8) is 0 Å². The van der Waals surface area contributed by atoms with Gasteiger partial charge in [-0.05, 0) is 24.3 Å². The van der Waals surface area contributed by atoms with Crippen LogP contribution in [-0.4, -0.2) is 33.3 Å². The number of nitrogens with one attached hydrogen (secondary N) is 1. The molecule has 2 aromatic carbocycles. The van der Waals surface area contributed by atoms with Crippen LogP contribution in [-0.2, 0) is 0 Å². The second-order valence-corrected chi connectivity index (χ2v) is 4.46. The molecule has 0 spiro atoms. The number of hydrogen-bond donors (Lipinski definition) is 1. The third kappa shape index (κ3) is 3.91. The van der Waals surface area contributed by atoms with Crippen LogP contribution in [0.2, 0.25) is 0 Å². The van der Waals surface area contributed by atoms with Crippen LogP contribution in [0.3, 0.4) is 0 Å². The van der Waals surface area contributed by atoms with E-state index in [1.54, 1.807) is 38.5 Å². The Morgan fingerprint density at radius 2 is 1.68 bits per heavy atom. The Kier molecular flexibility index (Phi) is 5.65. The van der Waals surface area contributed by atoms with E-state index < -0.39 is 0 Å². The van der Waals surface area contributed by atoms with Crippen LogP contribution in [0.1, 0.15) is 10.4 Å². The van der Waals surface area contributed by atoms with E-state index in [4.69, 9.17) is 14.2 Å². The molecule has 5 heteroatoms. The Hall–Kier alpha value is -2.69. The molecule has 0 aromatic heterocycles. The van der Waals surface area contributed by atoms with Crippen molar-refractivity contribution in [3.8, 4) is 17.2 Å². The quantitative estimate of drug-likeness (QED) is 0.798. The number of para-hydroxylation sites is 1. The van der Waals surface area contributed by atoms with Crippen molar-refractivity contribution in [2.75, 3.05) is 27.4 Å². The molecule has 2 aromatic rings. The van der Waals surface area contributed by atoms with Crippen molar-refractivity contribution in [2.24, 2.45) is 0 Å². The maximum absolute atomic E-state index is 11.9. The zero-order valence-corrected chi connectivity index (χ0v) is 12.7. The number of methoxy groups -OCH3 is 2. The number of benzene rings is 2. The topological polar surface area (TPSA) is 56.8 Å². The Bertz CT molecular complexity index is 613. The van der Waals surface area contributed by atoms with Crippen LogP contribution < -0.4 is 19.5 Å². The van der Waals surface area contributed by atoms with Gasteiger partial charge in [0.25, 0.3) is 5.91 Å². The summed E-state index contributed by atoms with van der Waals surface area (Å²) in [5.74, 6) is 1.60.